The lowest BCUT2D eigenvalue weighted by atomic mass is 9.97. The van der Waals surface area contributed by atoms with Gasteiger partial charge in [0.2, 0.25) is 5.78 Å². The van der Waals surface area contributed by atoms with Crippen LogP contribution >= 0.6 is 11.6 Å². The van der Waals surface area contributed by atoms with Gasteiger partial charge < -0.3 is 9.72 Å². The summed E-state index contributed by atoms with van der Waals surface area (Å²) < 4.78 is 74.3. The maximum absolute atomic E-state index is 13.9. The van der Waals surface area contributed by atoms with Gasteiger partial charge in [0, 0.05) is 23.7 Å². The molecule has 2 aromatic heterocycles. The third-order valence-electron chi connectivity index (χ3n) is 5.28. The number of carbonyl (C=O) groups excluding carboxylic acids is 1. The third-order valence-corrected chi connectivity index (χ3v) is 6.97. The van der Waals surface area contributed by atoms with Crippen LogP contribution in [-0.4, -0.2) is 30.3 Å². The molecule has 0 aliphatic heterocycles. The van der Waals surface area contributed by atoms with Gasteiger partial charge in [-0.05, 0) is 69.7 Å². The van der Waals surface area contributed by atoms with E-state index in [4.69, 9.17) is 16.3 Å². The monoisotopic (exact) mass is 567 g/mol. The van der Waals surface area contributed by atoms with Crippen molar-refractivity contribution in [2.24, 2.45) is 0 Å². The zero-order chi connectivity index (χ0) is 28.4. The van der Waals surface area contributed by atoms with Crippen LogP contribution in [0.5, 0.6) is 0 Å². The van der Waals surface area contributed by atoms with E-state index in [1.165, 1.54) is 18.3 Å². The molecule has 0 atom stereocenters. The number of ether oxygens (including phenoxy) is 1. The van der Waals surface area contributed by atoms with Gasteiger partial charge in [0.05, 0.1) is 32.8 Å². The van der Waals surface area contributed by atoms with Gasteiger partial charge in [0.15, 0.2) is 0 Å². The average Bonchev–Trinajstić information content (AvgIpc) is 3.22. The zero-order valence-electron chi connectivity index (χ0n) is 20.9. The van der Waals surface area contributed by atoms with Crippen LogP contribution in [0, 0.1) is 13.8 Å². The van der Waals surface area contributed by atoms with Crippen molar-refractivity contribution in [1.82, 2.24) is 9.97 Å². The van der Waals surface area contributed by atoms with E-state index >= 15 is 0 Å². The molecule has 7 nitrogen and oxygen atoms in total. The Hall–Kier alpha value is -3.57. The van der Waals surface area contributed by atoms with Crippen LogP contribution in [0.2, 0.25) is 5.02 Å². The summed E-state index contributed by atoms with van der Waals surface area (Å²) in [7, 11) is -4.59. The number of pyridine rings is 1. The summed E-state index contributed by atoms with van der Waals surface area (Å²) in [5.41, 5.74) is -0.129. The lowest BCUT2D eigenvalue weighted by molar-refractivity contribution is -0.137. The first kappa shape index (κ1) is 29.0. The van der Waals surface area contributed by atoms with Crippen LogP contribution in [0.1, 0.15) is 46.7 Å². The van der Waals surface area contributed by atoms with Crippen molar-refractivity contribution < 1.29 is 31.1 Å². The number of aromatic amines is 1. The highest BCUT2D eigenvalue weighted by molar-refractivity contribution is 7.92. The average molecular weight is 568 g/mol. The number of carbonyl (C=O) groups is 1. The van der Waals surface area contributed by atoms with Gasteiger partial charge in [-0.25, -0.2) is 8.42 Å². The van der Waals surface area contributed by atoms with Crippen molar-refractivity contribution in [3.05, 3.63) is 94.2 Å². The molecule has 2 heterocycles. The summed E-state index contributed by atoms with van der Waals surface area (Å²) in [6, 6.07) is 5.22. The highest BCUT2D eigenvalue weighted by Crippen LogP contribution is 2.37. The molecule has 0 radical (unpaired) electrons. The quantitative estimate of drug-likeness (QED) is 0.130. The van der Waals surface area contributed by atoms with E-state index in [2.05, 4.69) is 21.3 Å². The second-order valence-corrected chi connectivity index (χ2v) is 10.7. The summed E-state index contributed by atoms with van der Waals surface area (Å²) in [6.07, 6.45) is -0.835. The molecule has 0 spiro atoms. The molecule has 1 aromatic carbocycles. The molecule has 0 saturated heterocycles. The van der Waals surface area contributed by atoms with Gasteiger partial charge in [-0.15, -0.1) is 0 Å². The standard InChI is InChI=1S/C26H25ClF3N3O4S/c1-6-22(37-14(2)3)23(18-9-10-31-16(18)5)25(34)24-21(11-15(4)13-32-24)33-38(35,36)17-7-8-20(27)19(12-17)26(28,29)30/h6-14,31,33H,1H2,2-5H3/b23-22-. The number of sulfonamides is 1. The highest BCUT2D eigenvalue weighted by Gasteiger charge is 2.35. The van der Waals surface area contributed by atoms with Crippen LogP contribution in [0.3, 0.4) is 0 Å². The minimum atomic E-state index is -4.87. The number of halogens is 4. The van der Waals surface area contributed by atoms with E-state index in [1.807, 2.05) is 0 Å². The van der Waals surface area contributed by atoms with E-state index in [0.717, 1.165) is 12.1 Å². The molecule has 0 amide bonds. The van der Waals surface area contributed by atoms with Crippen molar-refractivity contribution in [2.45, 2.75) is 44.9 Å². The van der Waals surface area contributed by atoms with Crippen molar-refractivity contribution >= 4 is 38.7 Å². The number of nitrogens with one attached hydrogen (secondary N) is 2. The molecule has 0 aliphatic rings. The molecular formula is C26H25ClF3N3O4S. The van der Waals surface area contributed by atoms with Crippen molar-refractivity contribution in [2.75, 3.05) is 4.72 Å². The Morgan fingerprint density at radius 1 is 1.21 bits per heavy atom. The Kier molecular flexibility index (Phi) is 8.42. The Labute approximate surface area is 223 Å². The maximum atomic E-state index is 13.9. The molecule has 202 valence electrons. The predicted octanol–water partition coefficient (Wildman–Crippen LogP) is 6.70. The Bertz CT molecular complexity index is 1530. The lowest BCUT2D eigenvalue weighted by Crippen LogP contribution is -2.19. The molecular weight excluding hydrogens is 543 g/mol. The molecule has 0 saturated carbocycles. The number of anilines is 1. The molecule has 0 bridgehead atoms. The second kappa shape index (κ2) is 11.0. The van der Waals surface area contributed by atoms with Crippen molar-refractivity contribution in [1.29, 1.82) is 0 Å². The van der Waals surface area contributed by atoms with E-state index in [9.17, 15) is 26.4 Å². The van der Waals surface area contributed by atoms with Crippen LogP contribution < -0.4 is 4.72 Å². The minimum absolute atomic E-state index is 0.0788. The van der Waals surface area contributed by atoms with Crippen LogP contribution in [0.4, 0.5) is 18.9 Å². The van der Waals surface area contributed by atoms with Crippen LogP contribution in [0.25, 0.3) is 5.57 Å². The third kappa shape index (κ3) is 6.28. The zero-order valence-corrected chi connectivity index (χ0v) is 22.5. The van der Waals surface area contributed by atoms with Crippen molar-refractivity contribution in [3.63, 3.8) is 0 Å². The minimum Gasteiger partial charge on any atom is -0.490 e. The Morgan fingerprint density at radius 3 is 2.45 bits per heavy atom. The van der Waals surface area contributed by atoms with Crippen molar-refractivity contribution in [3.8, 4) is 0 Å². The number of aromatic nitrogens is 2. The summed E-state index contributed by atoms with van der Waals surface area (Å²) in [5, 5.41) is -0.650. The van der Waals surface area contributed by atoms with E-state index in [-0.39, 0.29) is 28.8 Å². The number of aryl methyl sites for hydroxylation is 2. The van der Waals surface area contributed by atoms with Crippen LogP contribution in [-0.2, 0) is 20.9 Å². The molecule has 0 aliphatic carbocycles. The van der Waals surface area contributed by atoms with Gasteiger partial charge in [0.1, 0.15) is 11.5 Å². The topological polar surface area (TPSA) is 101 Å². The fraction of sp³-hybridized carbons (Fsp3) is 0.231. The number of Topliss-reactive ketones (excluding diaryl/α,β-unsaturated/α-hetero) is 1. The number of allylic oxidation sites excluding steroid dienone is 2. The van der Waals surface area contributed by atoms with E-state index in [0.29, 0.717) is 22.9 Å². The molecule has 0 unspecified atom stereocenters. The van der Waals surface area contributed by atoms with Gasteiger partial charge in [-0.1, -0.05) is 18.2 Å². The number of rotatable bonds is 9. The smallest absolute Gasteiger partial charge is 0.417 e. The fourth-order valence-corrected chi connectivity index (χ4v) is 4.90. The highest BCUT2D eigenvalue weighted by atomic mass is 35.5. The Balaban J connectivity index is 2.17. The number of benzene rings is 1. The number of H-pyrrole nitrogens is 1. The molecule has 12 heteroatoms. The maximum Gasteiger partial charge on any atom is 0.417 e. The Morgan fingerprint density at radius 2 is 1.89 bits per heavy atom. The summed E-state index contributed by atoms with van der Waals surface area (Å²) in [5.74, 6) is -0.538. The second-order valence-electron chi connectivity index (χ2n) is 8.61. The normalized spacial score (nSPS) is 12.8. The number of nitrogens with zero attached hydrogens (tertiary/aromatic N) is 1. The molecule has 3 rings (SSSR count). The first-order valence-corrected chi connectivity index (χ1v) is 13.1. The summed E-state index contributed by atoms with van der Waals surface area (Å²) in [6.45, 7) is 10.6. The fourth-order valence-electron chi connectivity index (χ4n) is 3.59. The number of hydrogen-bond donors (Lipinski definition) is 2. The summed E-state index contributed by atoms with van der Waals surface area (Å²) in [4.78, 5) is 20.4. The van der Waals surface area contributed by atoms with Gasteiger partial charge in [0.25, 0.3) is 10.0 Å². The first-order valence-electron chi connectivity index (χ1n) is 11.2. The summed E-state index contributed by atoms with van der Waals surface area (Å²) >= 11 is 5.64. The molecule has 3 aromatic rings. The number of hydrogen-bond acceptors (Lipinski definition) is 5. The molecule has 0 fully saturated rings. The lowest BCUT2D eigenvalue weighted by Gasteiger charge is -2.18. The van der Waals surface area contributed by atoms with Gasteiger partial charge in [-0.3, -0.25) is 14.5 Å². The van der Waals surface area contributed by atoms with E-state index in [1.54, 1.807) is 40.0 Å². The van der Waals surface area contributed by atoms with Gasteiger partial charge in [-0.2, -0.15) is 13.2 Å². The number of ketones is 1. The predicted molar refractivity (Wildman–Crippen MR) is 139 cm³/mol. The molecule has 38 heavy (non-hydrogen) atoms. The van der Waals surface area contributed by atoms with Crippen LogP contribution in [0.15, 0.2) is 66.0 Å². The number of alkyl halides is 3. The van der Waals surface area contributed by atoms with Gasteiger partial charge >= 0.3 is 6.18 Å². The first-order chi connectivity index (χ1) is 17.7. The molecule has 2 N–H and O–H groups in total. The SMILES string of the molecule is C=C/C(OC(C)C)=C(/C(=O)c1ncc(C)cc1NS(=O)(=O)c1ccc(Cl)c(C(F)(F)F)c1)c1cc[nH]c1C. The van der Waals surface area contributed by atoms with E-state index < -0.39 is 37.5 Å². The largest absolute Gasteiger partial charge is 0.490 e.